The summed E-state index contributed by atoms with van der Waals surface area (Å²) in [6.07, 6.45) is 10.4. The van der Waals surface area contributed by atoms with Gasteiger partial charge in [0.1, 0.15) is 5.75 Å². The zero-order valence-electron chi connectivity index (χ0n) is 15.7. The van der Waals surface area contributed by atoms with Crippen molar-refractivity contribution in [1.82, 2.24) is 0 Å². The third-order valence-electron chi connectivity index (χ3n) is 5.27. The van der Waals surface area contributed by atoms with Crippen LogP contribution in [0.3, 0.4) is 0 Å². The summed E-state index contributed by atoms with van der Waals surface area (Å²) in [6, 6.07) is 12.5. The van der Waals surface area contributed by atoms with Crippen LogP contribution in [0.5, 0.6) is 5.75 Å². The zero-order chi connectivity index (χ0) is 18.2. The van der Waals surface area contributed by atoms with Crippen LogP contribution < -0.4 is 10.1 Å². The Morgan fingerprint density at radius 2 is 1.92 bits per heavy atom. The molecular weight excluding hydrogens is 322 g/mol. The highest BCUT2D eigenvalue weighted by molar-refractivity contribution is 5.86. The minimum Gasteiger partial charge on any atom is -0.497 e. The molecule has 1 N–H and O–H groups in total. The zero-order valence-corrected chi connectivity index (χ0v) is 15.7. The lowest BCUT2D eigenvalue weighted by Gasteiger charge is -2.22. The summed E-state index contributed by atoms with van der Waals surface area (Å²) >= 11 is 0. The minimum absolute atomic E-state index is 0.807. The maximum absolute atomic E-state index is 11.2. The molecule has 0 fully saturated rings. The standard InChI is InChI=1S/C23H29NO2/c1-26-21-11-6-9-18(16-21)8-4-2-3-5-10-19-13-14-20(17-25)23-22(19)12-7-15-24-23/h6,9,11,13-14,16-17,24H,2-5,7-8,10,12,15H2,1H3. The van der Waals surface area contributed by atoms with Crippen molar-refractivity contribution in [2.75, 3.05) is 19.0 Å². The third kappa shape index (κ3) is 4.66. The second-order valence-corrected chi connectivity index (χ2v) is 7.08. The molecule has 2 aromatic carbocycles. The molecule has 0 unspecified atom stereocenters. The van der Waals surface area contributed by atoms with Crippen LogP contribution in [0.15, 0.2) is 36.4 Å². The first kappa shape index (κ1) is 18.5. The number of aryl methyl sites for hydroxylation is 2. The Bertz CT molecular complexity index is 739. The molecule has 0 saturated heterocycles. The molecule has 0 spiro atoms. The van der Waals surface area contributed by atoms with Crippen molar-refractivity contribution in [1.29, 1.82) is 0 Å². The molecule has 0 aromatic heterocycles. The second kappa shape index (κ2) is 9.42. The summed E-state index contributed by atoms with van der Waals surface area (Å²) < 4.78 is 5.28. The van der Waals surface area contributed by atoms with Crippen LogP contribution in [0.1, 0.15) is 59.2 Å². The van der Waals surface area contributed by atoms with E-state index in [2.05, 4.69) is 29.6 Å². The quantitative estimate of drug-likeness (QED) is 0.498. The highest BCUT2D eigenvalue weighted by atomic mass is 16.5. The van der Waals surface area contributed by atoms with E-state index in [0.717, 1.165) is 55.5 Å². The van der Waals surface area contributed by atoms with Crippen molar-refractivity contribution in [2.24, 2.45) is 0 Å². The molecule has 138 valence electrons. The van der Waals surface area contributed by atoms with Crippen molar-refractivity contribution < 1.29 is 9.53 Å². The summed E-state index contributed by atoms with van der Waals surface area (Å²) in [5, 5.41) is 3.42. The van der Waals surface area contributed by atoms with Gasteiger partial charge in [0.2, 0.25) is 0 Å². The number of unbranched alkanes of at least 4 members (excludes halogenated alkanes) is 3. The summed E-state index contributed by atoms with van der Waals surface area (Å²) in [5.41, 5.74) is 6.04. The van der Waals surface area contributed by atoms with Gasteiger partial charge in [0.15, 0.2) is 6.29 Å². The predicted octanol–water partition coefficient (Wildman–Crippen LogP) is 5.21. The van der Waals surface area contributed by atoms with Gasteiger partial charge in [-0.15, -0.1) is 0 Å². The molecule has 0 amide bonds. The topological polar surface area (TPSA) is 38.3 Å². The molecule has 1 heterocycles. The van der Waals surface area contributed by atoms with E-state index in [9.17, 15) is 4.79 Å². The molecule has 0 radical (unpaired) electrons. The first-order chi connectivity index (χ1) is 12.8. The van der Waals surface area contributed by atoms with Gasteiger partial charge in [0, 0.05) is 17.8 Å². The molecule has 0 atom stereocenters. The number of aldehydes is 1. The number of rotatable bonds is 9. The lowest BCUT2D eigenvalue weighted by molar-refractivity contribution is 0.112. The molecule has 2 aromatic rings. The second-order valence-electron chi connectivity index (χ2n) is 7.08. The number of carbonyl (C=O) groups excluding carboxylic acids is 1. The first-order valence-electron chi connectivity index (χ1n) is 9.78. The van der Waals surface area contributed by atoms with Gasteiger partial charge in [-0.3, -0.25) is 4.79 Å². The van der Waals surface area contributed by atoms with E-state index in [1.54, 1.807) is 7.11 Å². The summed E-state index contributed by atoms with van der Waals surface area (Å²) in [7, 11) is 1.72. The van der Waals surface area contributed by atoms with E-state index >= 15 is 0 Å². The fraction of sp³-hybridized carbons (Fsp3) is 0.435. The molecule has 0 bridgehead atoms. The number of ether oxygens (including phenoxy) is 1. The number of anilines is 1. The average molecular weight is 351 g/mol. The van der Waals surface area contributed by atoms with Gasteiger partial charge in [-0.1, -0.05) is 31.0 Å². The Hall–Kier alpha value is -2.29. The third-order valence-corrected chi connectivity index (χ3v) is 5.27. The van der Waals surface area contributed by atoms with Crippen molar-refractivity contribution in [2.45, 2.75) is 51.4 Å². The number of hydrogen-bond acceptors (Lipinski definition) is 3. The van der Waals surface area contributed by atoms with E-state index < -0.39 is 0 Å². The van der Waals surface area contributed by atoms with Crippen LogP contribution in [-0.2, 0) is 19.3 Å². The molecule has 0 aliphatic carbocycles. The van der Waals surface area contributed by atoms with Crippen LogP contribution >= 0.6 is 0 Å². The molecule has 3 heteroatoms. The molecule has 3 rings (SSSR count). The van der Waals surface area contributed by atoms with Crippen LogP contribution in [0.4, 0.5) is 5.69 Å². The molecule has 0 saturated carbocycles. The van der Waals surface area contributed by atoms with Crippen molar-refractivity contribution in [3.63, 3.8) is 0 Å². The van der Waals surface area contributed by atoms with E-state index in [4.69, 9.17) is 4.74 Å². The number of carbonyl (C=O) groups is 1. The Morgan fingerprint density at radius 3 is 2.73 bits per heavy atom. The Kier molecular flexibility index (Phi) is 6.70. The van der Waals surface area contributed by atoms with Crippen molar-refractivity contribution >= 4 is 12.0 Å². The number of methoxy groups -OCH3 is 1. The Morgan fingerprint density at radius 1 is 1.08 bits per heavy atom. The summed E-state index contributed by atoms with van der Waals surface area (Å²) in [5.74, 6) is 0.944. The number of nitrogens with one attached hydrogen (secondary N) is 1. The van der Waals surface area contributed by atoms with Gasteiger partial charge in [-0.05, 0) is 73.4 Å². The van der Waals surface area contributed by atoms with Crippen molar-refractivity contribution in [3.8, 4) is 5.75 Å². The van der Waals surface area contributed by atoms with Gasteiger partial charge < -0.3 is 10.1 Å². The van der Waals surface area contributed by atoms with Crippen LogP contribution in [0.2, 0.25) is 0 Å². The lowest BCUT2D eigenvalue weighted by atomic mass is 9.91. The average Bonchev–Trinajstić information content (AvgIpc) is 2.70. The fourth-order valence-corrected chi connectivity index (χ4v) is 3.84. The highest BCUT2D eigenvalue weighted by Crippen LogP contribution is 2.29. The Labute approximate surface area is 156 Å². The normalized spacial score (nSPS) is 13.0. The first-order valence-corrected chi connectivity index (χ1v) is 9.78. The van der Waals surface area contributed by atoms with Gasteiger partial charge in [-0.25, -0.2) is 0 Å². The number of benzene rings is 2. The maximum atomic E-state index is 11.2. The van der Waals surface area contributed by atoms with E-state index in [1.807, 2.05) is 12.1 Å². The van der Waals surface area contributed by atoms with Gasteiger partial charge in [0.05, 0.1) is 7.11 Å². The number of fused-ring (bicyclic) bond motifs is 1. The van der Waals surface area contributed by atoms with Crippen LogP contribution in [0.25, 0.3) is 0 Å². The smallest absolute Gasteiger partial charge is 0.152 e. The summed E-state index contributed by atoms with van der Waals surface area (Å²) in [6.45, 7) is 0.974. The van der Waals surface area contributed by atoms with Gasteiger partial charge in [-0.2, -0.15) is 0 Å². The predicted molar refractivity (Wildman–Crippen MR) is 108 cm³/mol. The van der Waals surface area contributed by atoms with E-state index in [-0.39, 0.29) is 0 Å². The van der Waals surface area contributed by atoms with E-state index in [0.29, 0.717) is 0 Å². The SMILES string of the molecule is COc1cccc(CCCCCCc2ccc(C=O)c3c2CCCN3)c1. The molecule has 26 heavy (non-hydrogen) atoms. The molecular formula is C23H29NO2. The minimum atomic E-state index is 0.807. The lowest BCUT2D eigenvalue weighted by Crippen LogP contribution is -2.15. The number of hydrogen-bond donors (Lipinski definition) is 1. The fourth-order valence-electron chi connectivity index (χ4n) is 3.84. The summed E-state index contributed by atoms with van der Waals surface area (Å²) in [4.78, 5) is 11.2. The van der Waals surface area contributed by atoms with Gasteiger partial charge >= 0.3 is 0 Å². The molecule has 1 aliphatic heterocycles. The maximum Gasteiger partial charge on any atom is 0.152 e. The highest BCUT2D eigenvalue weighted by Gasteiger charge is 2.16. The van der Waals surface area contributed by atoms with E-state index in [1.165, 1.54) is 42.4 Å². The largest absolute Gasteiger partial charge is 0.497 e. The van der Waals surface area contributed by atoms with Crippen LogP contribution in [0, 0.1) is 0 Å². The van der Waals surface area contributed by atoms with Gasteiger partial charge in [0.25, 0.3) is 0 Å². The van der Waals surface area contributed by atoms with Crippen LogP contribution in [-0.4, -0.2) is 19.9 Å². The van der Waals surface area contributed by atoms with Crippen molar-refractivity contribution in [3.05, 3.63) is 58.7 Å². The molecule has 3 nitrogen and oxygen atoms in total. The Balaban J connectivity index is 1.44. The monoisotopic (exact) mass is 351 g/mol. The molecule has 1 aliphatic rings.